The van der Waals surface area contributed by atoms with Crippen LogP contribution in [0.3, 0.4) is 0 Å². The van der Waals surface area contributed by atoms with Crippen LogP contribution in [-0.4, -0.2) is 42.0 Å². The number of primary amides is 1. The molecule has 1 aliphatic rings. The van der Waals surface area contributed by atoms with Gasteiger partial charge < -0.3 is 11.1 Å². The molecule has 0 saturated carbocycles. The summed E-state index contributed by atoms with van der Waals surface area (Å²) in [6, 6.07) is 0.481. The third-order valence-corrected chi connectivity index (χ3v) is 3.02. The Bertz CT molecular complexity index is 217. The normalized spacial score (nSPS) is 28.6. The zero-order chi connectivity index (χ0) is 10.8. The van der Waals surface area contributed by atoms with Crippen LogP contribution >= 0.6 is 0 Å². The summed E-state index contributed by atoms with van der Waals surface area (Å²) < 4.78 is 0. The molecule has 1 atom stereocenters. The van der Waals surface area contributed by atoms with Crippen LogP contribution in [0.4, 0.5) is 0 Å². The summed E-state index contributed by atoms with van der Waals surface area (Å²) in [6.07, 6.45) is 0.828. The number of hydrogen-bond acceptors (Lipinski definition) is 3. The lowest BCUT2D eigenvalue weighted by atomic mass is 9.98. The number of carbonyl (C=O) groups excluding carboxylic acids is 1. The van der Waals surface area contributed by atoms with Crippen molar-refractivity contribution in [2.45, 2.75) is 38.8 Å². The van der Waals surface area contributed by atoms with E-state index in [1.807, 2.05) is 6.92 Å². The van der Waals surface area contributed by atoms with E-state index in [-0.39, 0.29) is 5.91 Å². The molecule has 1 rings (SSSR count). The second-order valence-corrected chi connectivity index (χ2v) is 4.29. The number of hydrogen-bond donors (Lipinski definition) is 2. The Balaban J connectivity index is 2.69. The van der Waals surface area contributed by atoms with Crippen molar-refractivity contribution in [2.75, 3.05) is 19.6 Å². The van der Waals surface area contributed by atoms with Gasteiger partial charge in [0.2, 0.25) is 5.91 Å². The van der Waals surface area contributed by atoms with E-state index in [0.717, 1.165) is 26.1 Å². The van der Waals surface area contributed by atoms with Gasteiger partial charge in [-0.1, -0.05) is 6.92 Å². The zero-order valence-corrected chi connectivity index (χ0v) is 9.34. The van der Waals surface area contributed by atoms with Gasteiger partial charge in [-0.3, -0.25) is 9.69 Å². The van der Waals surface area contributed by atoms with Crippen molar-refractivity contribution in [1.82, 2.24) is 10.2 Å². The Kier molecular flexibility index (Phi) is 3.50. The lowest BCUT2D eigenvalue weighted by Gasteiger charge is -2.28. The van der Waals surface area contributed by atoms with Gasteiger partial charge in [0, 0.05) is 19.1 Å². The lowest BCUT2D eigenvalue weighted by Crippen LogP contribution is -2.57. The second kappa shape index (κ2) is 4.28. The van der Waals surface area contributed by atoms with Gasteiger partial charge in [-0.05, 0) is 26.8 Å². The molecule has 1 fully saturated rings. The van der Waals surface area contributed by atoms with Gasteiger partial charge in [-0.25, -0.2) is 0 Å². The predicted octanol–water partition coefficient (Wildman–Crippen LogP) is -0.0659. The average molecular weight is 199 g/mol. The summed E-state index contributed by atoms with van der Waals surface area (Å²) in [4.78, 5) is 13.7. The van der Waals surface area contributed by atoms with Crippen LogP contribution in [0.2, 0.25) is 0 Å². The van der Waals surface area contributed by atoms with E-state index in [1.54, 1.807) is 0 Å². The molecule has 3 N–H and O–H groups in total. The highest BCUT2D eigenvalue weighted by atomic mass is 16.1. The molecule has 0 aromatic heterocycles. The lowest BCUT2D eigenvalue weighted by molar-refractivity contribution is -0.124. The molecule has 4 heteroatoms. The van der Waals surface area contributed by atoms with Crippen LogP contribution < -0.4 is 11.1 Å². The molecule has 0 aromatic carbocycles. The smallest absolute Gasteiger partial charge is 0.239 e. The summed E-state index contributed by atoms with van der Waals surface area (Å²) in [5, 5.41) is 3.23. The molecule has 1 unspecified atom stereocenters. The Morgan fingerprint density at radius 2 is 2.29 bits per heavy atom. The average Bonchev–Trinajstić information content (AvgIpc) is 2.50. The van der Waals surface area contributed by atoms with E-state index >= 15 is 0 Å². The number of carbonyl (C=O) groups is 1. The van der Waals surface area contributed by atoms with Gasteiger partial charge in [0.15, 0.2) is 0 Å². The van der Waals surface area contributed by atoms with Crippen LogP contribution in [0.1, 0.15) is 27.2 Å². The van der Waals surface area contributed by atoms with Crippen LogP contribution in [-0.2, 0) is 4.79 Å². The summed E-state index contributed by atoms with van der Waals surface area (Å²) in [5.74, 6) is -0.220. The Morgan fingerprint density at radius 1 is 1.64 bits per heavy atom. The minimum Gasteiger partial charge on any atom is -0.368 e. The molecule has 0 spiro atoms. The van der Waals surface area contributed by atoms with Crippen LogP contribution in [0.25, 0.3) is 0 Å². The molecule has 14 heavy (non-hydrogen) atoms. The Hall–Kier alpha value is -0.610. The van der Waals surface area contributed by atoms with Crippen LogP contribution in [0.15, 0.2) is 0 Å². The van der Waals surface area contributed by atoms with Gasteiger partial charge in [-0.2, -0.15) is 0 Å². The fourth-order valence-corrected chi connectivity index (χ4v) is 2.05. The van der Waals surface area contributed by atoms with Crippen molar-refractivity contribution in [3.63, 3.8) is 0 Å². The molecule has 4 nitrogen and oxygen atoms in total. The van der Waals surface area contributed by atoms with Gasteiger partial charge in [0.25, 0.3) is 0 Å². The van der Waals surface area contributed by atoms with Crippen molar-refractivity contribution < 1.29 is 4.79 Å². The fraction of sp³-hybridized carbons (Fsp3) is 0.900. The fourth-order valence-electron chi connectivity index (χ4n) is 2.05. The van der Waals surface area contributed by atoms with E-state index in [2.05, 4.69) is 24.1 Å². The third kappa shape index (κ3) is 2.07. The largest absolute Gasteiger partial charge is 0.368 e. The van der Waals surface area contributed by atoms with Gasteiger partial charge >= 0.3 is 0 Å². The molecular formula is C10H21N3O. The number of nitrogens with one attached hydrogen (secondary N) is 1. The standard InChI is InChI=1S/C10H21N3O/c1-4-12-10(9(11)14)5-6-13(7-10)8(2)3/h8,12H,4-7H2,1-3H3,(H2,11,14). The maximum absolute atomic E-state index is 11.4. The quantitative estimate of drug-likeness (QED) is 0.666. The van der Waals surface area contributed by atoms with Gasteiger partial charge in [0.1, 0.15) is 5.54 Å². The molecule has 0 bridgehead atoms. The summed E-state index contributed by atoms with van der Waals surface area (Å²) in [5.41, 5.74) is 4.97. The van der Waals surface area contributed by atoms with E-state index in [1.165, 1.54) is 0 Å². The van der Waals surface area contributed by atoms with E-state index in [9.17, 15) is 4.79 Å². The summed E-state index contributed by atoms with van der Waals surface area (Å²) in [6.45, 7) is 8.77. The number of nitrogens with two attached hydrogens (primary N) is 1. The summed E-state index contributed by atoms with van der Waals surface area (Å²) >= 11 is 0. The maximum Gasteiger partial charge on any atom is 0.239 e. The monoisotopic (exact) mass is 199 g/mol. The minimum absolute atomic E-state index is 0.220. The van der Waals surface area contributed by atoms with Crippen molar-refractivity contribution in [3.8, 4) is 0 Å². The second-order valence-electron chi connectivity index (χ2n) is 4.29. The van der Waals surface area contributed by atoms with E-state index < -0.39 is 5.54 Å². The topological polar surface area (TPSA) is 58.4 Å². The first kappa shape index (κ1) is 11.5. The highest BCUT2D eigenvalue weighted by Gasteiger charge is 2.42. The first-order valence-electron chi connectivity index (χ1n) is 5.31. The third-order valence-electron chi connectivity index (χ3n) is 3.02. The van der Waals surface area contributed by atoms with Crippen molar-refractivity contribution >= 4 is 5.91 Å². The highest BCUT2D eigenvalue weighted by Crippen LogP contribution is 2.22. The first-order chi connectivity index (χ1) is 6.52. The molecule has 0 aliphatic carbocycles. The van der Waals surface area contributed by atoms with E-state index in [0.29, 0.717) is 6.04 Å². The van der Waals surface area contributed by atoms with Crippen LogP contribution in [0.5, 0.6) is 0 Å². The number of amides is 1. The molecule has 1 saturated heterocycles. The molecule has 82 valence electrons. The number of nitrogens with zero attached hydrogens (tertiary/aromatic N) is 1. The Labute approximate surface area is 85.8 Å². The number of likely N-dealkylation sites (N-methyl/N-ethyl adjacent to an activating group) is 1. The van der Waals surface area contributed by atoms with Crippen molar-refractivity contribution in [3.05, 3.63) is 0 Å². The van der Waals surface area contributed by atoms with Crippen molar-refractivity contribution in [2.24, 2.45) is 5.73 Å². The minimum atomic E-state index is -0.487. The maximum atomic E-state index is 11.4. The van der Waals surface area contributed by atoms with Gasteiger partial charge in [0.05, 0.1) is 0 Å². The predicted molar refractivity (Wildman–Crippen MR) is 56.9 cm³/mol. The molecular weight excluding hydrogens is 178 g/mol. The molecule has 1 amide bonds. The van der Waals surface area contributed by atoms with E-state index in [4.69, 9.17) is 5.73 Å². The summed E-state index contributed by atoms with van der Waals surface area (Å²) in [7, 11) is 0. The zero-order valence-electron chi connectivity index (χ0n) is 9.34. The number of rotatable bonds is 4. The Morgan fingerprint density at radius 3 is 2.64 bits per heavy atom. The molecule has 1 heterocycles. The van der Waals surface area contributed by atoms with Crippen molar-refractivity contribution in [1.29, 1.82) is 0 Å². The SMILES string of the molecule is CCNC1(C(N)=O)CCN(C(C)C)C1. The van der Waals surface area contributed by atoms with Crippen LogP contribution in [0, 0.1) is 0 Å². The first-order valence-corrected chi connectivity index (χ1v) is 5.31. The highest BCUT2D eigenvalue weighted by molar-refractivity contribution is 5.85. The molecule has 0 aromatic rings. The molecule has 0 radical (unpaired) electrons. The number of likely N-dealkylation sites (tertiary alicyclic amines) is 1. The van der Waals surface area contributed by atoms with Gasteiger partial charge in [-0.15, -0.1) is 0 Å². The molecule has 1 aliphatic heterocycles.